The molecule has 1 atom stereocenters. The van der Waals surface area contributed by atoms with Crippen LogP contribution in [-0.2, 0) is 0 Å². The number of aromatic hydroxyl groups is 1. The summed E-state index contributed by atoms with van der Waals surface area (Å²) in [5.74, 6) is -0.120. The van der Waals surface area contributed by atoms with Crippen molar-refractivity contribution in [3.05, 3.63) is 27.3 Å². The zero-order chi connectivity index (χ0) is 12.8. The first-order chi connectivity index (χ1) is 8.08. The molecule has 1 rings (SSSR count). The molecule has 0 spiro atoms. The van der Waals surface area contributed by atoms with Crippen LogP contribution in [0.15, 0.2) is 18.2 Å². The van der Waals surface area contributed by atoms with Crippen LogP contribution >= 0.6 is 22.6 Å². The van der Waals surface area contributed by atoms with E-state index in [0.717, 1.165) is 6.42 Å². The topological polar surface area (TPSA) is 69.6 Å². The monoisotopic (exact) mass is 349 g/mol. The fraction of sp³-hybridized carbons (Fsp3) is 0.417. The van der Waals surface area contributed by atoms with E-state index in [1.807, 2.05) is 29.5 Å². The maximum atomic E-state index is 11.8. The van der Waals surface area contributed by atoms with E-state index < -0.39 is 0 Å². The van der Waals surface area contributed by atoms with Gasteiger partial charge in [0.25, 0.3) is 5.91 Å². The van der Waals surface area contributed by atoms with Crippen LogP contribution in [0, 0.1) is 3.57 Å². The first kappa shape index (κ1) is 14.2. The van der Waals surface area contributed by atoms with Crippen molar-refractivity contribution < 1.29 is 15.0 Å². The van der Waals surface area contributed by atoms with Crippen molar-refractivity contribution in [3.63, 3.8) is 0 Å². The highest BCUT2D eigenvalue weighted by molar-refractivity contribution is 14.1. The molecular formula is C12H16INO3. The van der Waals surface area contributed by atoms with Crippen LogP contribution < -0.4 is 5.32 Å². The van der Waals surface area contributed by atoms with Gasteiger partial charge in [0.05, 0.1) is 3.57 Å². The Morgan fingerprint density at radius 1 is 1.53 bits per heavy atom. The second-order valence-corrected chi connectivity index (χ2v) is 4.92. The maximum absolute atomic E-state index is 11.8. The van der Waals surface area contributed by atoms with Crippen molar-refractivity contribution in [1.29, 1.82) is 0 Å². The van der Waals surface area contributed by atoms with E-state index in [-0.39, 0.29) is 24.3 Å². The van der Waals surface area contributed by atoms with Crippen molar-refractivity contribution in [3.8, 4) is 5.75 Å². The van der Waals surface area contributed by atoms with E-state index in [2.05, 4.69) is 5.32 Å². The Hall–Kier alpha value is -0.820. The van der Waals surface area contributed by atoms with Crippen molar-refractivity contribution in [1.82, 2.24) is 5.32 Å². The Morgan fingerprint density at radius 3 is 2.76 bits per heavy atom. The summed E-state index contributed by atoms with van der Waals surface area (Å²) in [6.45, 7) is 2.00. The lowest BCUT2D eigenvalue weighted by atomic mass is 10.1. The predicted molar refractivity (Wildman–Crippen MR) is 74.1 cm³/mol. The summed E-state index contributed by atoms with van der Waals surface area (Å²) in [5, 5.41) is 21.2. The summed E-state index contributed by atoms with van der Waals surface area (Å²) >= 11 is 2.00. The van der Waals surface area contributed by atoms with Gasteiger partial charge in [0, 0.05) is 18.2 Å². The van der Waals surface area contributed by atoms with Gasteiger partial charge in [-0.3, -0.25) is 4.79 Å². The number of carbonyl (C=O) groups is 1. The molecule has 4 nitrogen and oxygen atoms in total. The third kappa shape index (κ3) is 4.16. The number of rotatable bonds is 5. The number of carbonyl (C=O) groups excluding carboxylic acids is 1. The highest BCUT2D eigenvalue weighted by Gasteiger charge is 2.12. The molecule has 0 heterocycles. The lowest BCUT2D eigenvalue weighted by molar-refractivity contribution is 0.0928. The number of hydrogen-bond acceptors (Lipinski definition) is 3. The number of hydrogen-bond donors (Lipinski definition) is 3. The highest BCUT2D eigenvalue weighted by atomic mass is 127. The highest BCUT2D eigenvalue weighted by Crippen LogP contribution is 2.20. The molecule has 17 heavy (non-hydrogen) atoms. The summed E-state index contributed by atoms with van der Waals surface area (Å²) in [5.41, 5.74) is 0.430. The molecule has 0 saturated carbocycles. The summed E-state index contributed by atoms with van der Waals surface area (Å²) in [7, 11) is 0. The Labute approximate surface area is 114 Å². The smallest absolute Gasteiger partial charge is 0.251 e. The zero-order valence-corrected chi connectivity index (χ0v) is 11.8. The quantitative estimate of drug-likeness (QED) is 0.711. The molecule has 0 saturated heterocycles. The van der Waals surface area contributed by atoms with E-state index in [1.54, 1.807) is 12.1 Å². The fourth-order valence-corrected chi connectivity index (χ4v) is 1.79. The Kier molecular flexibility index (Phi) is 5.70. The van der Waals surface area contributed by atoms with Gasteiger partial charge in [-0.05, 0) is 53.6 Å². The first-order valence-corrected chi connectivity index (χ1v) is 6.56. The number of aliphatic hydroxyl groups excluding tert-OH is 1. The Balaban J connectivity index is 2.72. The number of benzene rings is 1. The third-order valence-electron chi connectivity index (χ3n) is 2.51. The summed E-state index contributed by atoms with van der Waals surface area (Å²) in [4.78, 5) is 11.8. The molecule has 3 N–H and O–H groups in total. The molecule has 0 aromatic heterocycles. The minimum atomic E-state index is -0.225. The van der Waals surface area contributed by atoms with Gasteiger partial charge in [-0.25, -0.2) is 0 Å². The lowest BCUT2D eigenvalue weighted by Crippen LogP contribution is -2.35. The van der Waals surface area contributed by atoms with E-state index in [1.165, 1.54) is 6.07 Å². The molecule has 0 bridgehead atoms. The number of aliphatic hydroxyl groups is 1. The third-order valence-corrected chi connectivity index (χ3v) is 3.43. The molecule has 1 unspecified atom stereocenters. The molecular weight excluding hydrogens is 333 g/mol. The molecule has 0 radical (unpaired) electrons. The number of halogens is 1. The largest absolute Gasteiger partial charge is 0.507 e. The van der Waals surface area contributed by atoms with E-state index in [0.29, 0.717) is 15.6 Å². The molecule has 1 aromatic carbocycles. The van der Waals surface area contributed by atoms with Crippen molar-refractivity contribution >= 4 is 28.5 Å². The van der Waals surface area contributed by atoms with Crippen LogP contribution in [0.3, 0.4) is 0 Å². The van der Waals surface area contributed by atoms with Crippen molar-refractivity contribution in [2.24, 2.45) is 0 Å². The summed E-state index contributed by atoms with van der Waals surface area (Å²) in [6.07, 6.45) is 1.31. The maximum Gasteiger partial charge on any atom is 0.251 e. The van der Waals surface area contributed by atoms with E-state index >= 15 is 0 Å². The Morgan fingerprint density at radius 2 is 2.24 bits per heavy atom. The van der Waals surface area contributed by atoms with Crippen LogP contribution in [0.5, 0.6) is 5.75 Å². The van der Waals surface area contributed by atoms with Gasteiger partial charge in [-0.1, -0.05) is 6.92 Å². The second-order valence-electron chi connectivity index (χ2n) is 3.76. The van der Waals surface area contributed by atoms with Gasteiger partial charge in [-0.15, -0.1) is 0 Å². The van der Waals surface area contributed by atoms with Gasteiger partial charge < -0.3 is 15.5 Å². The minimum absolute atomic E-state index is 0.0334. The average molecular weight is 349 g/mol. The number of phenols is 1. The van der Waals surface area contributed by atoms with Gasteiger partial charge in [0.2, 0.25) is 0 Å². The van der Waals surface area contributed by atoms with Crippen LogP contribution in [0.2, 0.25) is 0 Å². The van der Waals surface area contributed by atoms with Gasteiger partial charge in [0.15, 0.2) is 0 Å². The van der Waals surface area contributed by atoms with E-state index in [9.17, 15) is 9.90 Å². The lowest BCUT2D eigenvalue weighted by Gasteiger charge is -2.15. The predicted octanol–water partition coefficient (Wildman–Crippen LogP) is 1.89. The number of nitrogens with one attached hydrogen (secondary N) is 1. The second kappa shape index (κ2) is 6.80. The SMILES string of the molecule is CCC(CCO)NC(=O)c1ccc(I)c(O)c1. The van der Waals surface area contributed by atoms with E-state index in [4.69, 9.17) is 5.11 Å². The standard InChI is InChI=1S/C12H16INO3/c1-2-9(5-6-15)14-12(17)8-3-4-10(13)11(16)7-8/h3-4,7,9,15-16H,2,5-6H2,1H3,(H,14,17). The zero-order valence-electron chi connectivity index (χ0n) is 9.61. The molecule has 1 aromatic rings. The van der Waals surface area contributed by atoms with Gasteiger partial charge in [-0.2, -0.15) is 0 Å². The van der Waals surface area contributed by atoms with Crippen LogP contribution in [0.4, 0.5) is 0 Å². The normalized spacial score (nSPS) is 12.2. The Bertz CT molecular complexity index is 395. The molecule has 1 amide bonds. The fourth-order valence-electron chi connectivity index (χ4n) is 1.46. The summed E-state index contributed by atoms with van der Waals surface area (Å²) < 4.78 is 0.710. The van der Waals surface area contributed by atoms with Crippen LogP contribution in [-0.4, -0.2) is 28.8 Å². The van der Waals surface area contributed by atoms with Gasteiger partial charge >= 0.3 is 0 Å². The van der Waals surface area contributed by atoms with Crippen molar-refractivity contribution in [2.45, 2.75) is 25.8 Å². The summed E-state index contributed by atoms with van der Waals surface area (Å²) in [6, 6.07) is 4.78. The van der Waals surface area contributed by atoms with Crippen LogP contribution in [0.25, 0.3) is 0 Å². The molecule has 0 aliphatic rings. The average Bonchev–Trinajstić information content (AvgIpc) is 2.31. The van der Waals surface area contributed by atoms with Gasteiger partial charge in [0.1, 0.15) is 5.75 Å². The molecule has 0 fully saturated rings. The first-order valence-electron chi connectivity index (χ1n) is 5.48. The minimum Gasteiger partial charge on any atom is -0.507 e. The van der Waals surface area contributed by atoms with Crippen molar-refractivity contribution in [2.75, 3.05) is 6.61 Å². The molecule has 5 heteroatoms. The molecule has 0 aliphatic heterocycles. The number of phenolic OH excluding ortho intramolecular Hbond substituents is 1. The number of amides is 1. The van der Waals surface area contributed by atoms with Crippen LogP contribution in [0.1, 0.15) is 30.1 Å². The molecule has 94 valence electrons. The molecule has 0 aliphatic carbocycles.